The zero-order valence-electron chi connectivity index (χ0n) is 24.2. The number of hydrogen-bond donors (Lipinski definition) is 4. The number of ether oxygens (including phenoxy) is 2. The highest BCUT2D eigenvalue weighted by molar-refractivity contribution is 5.79. The maximum atomic E-state index is 14.6. The van der Waals surface area contributed by atoms with Gasteiger partial charge in [-0.25, -0.2) is 4.39 Å². The first-order chi connectivity index (χ1) is 19.8. The molecule has 2 aliphatic rings. The van der Waals surface area contributed by atoms with Crippen LogP contribution in [0.25, 0.3) is 0 Å². The van der Waals surface area contributed by atoms with Crippen LogP contribution in [0.2, 0.25) is 0 Å². The van der Waals surface area contributed by atoms with Gasteiger partial charge in [-0.15, -0.1) is 0 Å². The molecule has 1 unspecified atom stereocenters. The molecule has 0 radical (unpaired) electrons. The second-order valence-corrected chi connectivity index (χ2v) is 11.4. The number of carbonyl (C=O) groups excluding carboxylic acids is 2. The number of nitrogens with one attached hydrogen (secondary N) is 3. The molecule has 4 rings (SSSR count). The summed E-state index contributed by atoms with van der Waals surface area (Å²) in [5.41, 5.74) is 2.91. The first kappa shape index (κ1) is 30.9. The summed E-state index contributed by atoms with van der Waals surface area (Å²) in [6.45, 7) is 3.61. The fourth-order valence-corrected chi connectivity index (χ4v) is 5.44. The van der Waals surface area contributed by atoms with Crippen LogP contribution in [-0.4, -0.2) is 62.5 Å². The van der Waals surface area contributed by atoms with Crippen molar-refractivity contribution in [3.63, 3.8) is 0 Å². The van der Waals surface area contributed by atoms with E-state index in [9.17, 15) is 19.1 Å². The van der Waals surface area contributed by atoms with Crippen LogP contribution < -0.4 is 20.7 Å². The van der Waals surface area contributed by atoms with Gasteiger partial charge in [-0.2, -0.15) is 0 Å². The summed E-state index contributed by atoms with van der Waals surface area (Å²) in [4.78, 5) is 25.2. The zero-order valence-corrected chi connectivity index (χ0v) is 24.2. The minimum Gasteiger partial charge on any atom is -0.493 e. The molecule has 1 aliphatic heterocycles. The first-order valence-corrected chi connectivity index (χ1v) is 14.8. The molecular formula is C32H44FN3O5. The lowest BCUT2D eigenvalue weighted by atomic mass is 9.98. The van der Waals surface area contributed by atoms with Crippen LogP contribution in [0.4, 0.5) is 4.39 Å². The number of aryl methyl sites for hydroxylation is 1. The summed E-state index contributed by atoms with van der Waals surface area (Å²) in [5.74, 6) is -0.429. The van der Waals surface area contributed by atoms with Crippen molar-refractivity contribution in [3.05, 3.63) is 65.0 Å². The Hall–Kier alpha value is -3.01. The molecule has 0 spiro atoms. The van der Waals surface area contributed by atoms with Gasteiger partial charge in [0.15, 0.2) is 0 Å². The van der Waals surface area contributed by atoms with Gasteiger partial charge in [0.25, 0.3) is 0 Å². The lowest BCUT2D eigenvalue weighted by molar-refractivity contribution is -0.123. The van der Waals surface area contributed by atoms with Crippen molar-refractivity contribution in [2.75, 3.05) is 33.4 Å². The van der Waals surface area contributed by atoms with E-state index in [4.69, 9.17) is 9.47 Å². The van der Waals surface area contributed by atoms with E-state index in [2.05, 4.69) is 47.1 Å². The topological polar surface area (TPSA) is 109 Å². The molecule has 9 heteroatoms. The predicted octanol–water partition coefficient (Wildman–Crippen LogP) is 3.39. The minimum atomic E-state index is -0.921. The number of amides is 2. The quantitative estimate of drug-likeness (QED) is 0.388. The molecule has 3 atom stereocenters. The fraction of sp³-hybridized carbons (Fsp3) is 0.562. The Balaban J connectivity index is 1.50. The number of hydrogen-bond acceptors (Lipinski definition) is 6. The summed E-state index contributed by atoms with van der Waals surface area (Å²) in [6, 6.07) is 12.3. The smallest absolute Gasteiger partial charge is 0.220 e. The summed E-state index contributed by atoms with van der Waals surface area (Å²) in [7, 11) is 1.61. The monoisotopic (exact) mass is 569 g/mol. The molecule has 0 aromatic heterocycles. The van der Waals surface area contributed by atoms with Crippen molar-refractivity contribution in [2.45, 2.75) is 76.0 Å². The van der Waals surface area contributed by atoms with E-state index in [-0.39, 0.29) is 49.1 Å². The predicted molar refractivity (Wildman–Crippen MR) is 155 cm³/mol. The number of aliphatic hydroxyl groups is 1. The molecule has 8 nitrogen and oxygen atoms in total. The van der Waals surface area contributed by atoms with Gasteiger partial charge in [0.2, 0.25) is 11.8 Å². The van der Waals surface area contributed by atoms with Gasteiger partial charge in [-0.1, -0.05) is 31.2 Å². The minimum absolute atomic E-state index is 0.0133. The highest BCUT2D eigenvalue weighted by Crippen LogP contribution is 2.45. The number of rotatable bonds is 8. The van der Waals surface area contributed by atoms with E-state index in [1.807, 2.05) is 0 Å². The van der Waals surface area contributed by atoms with Crippen LogP contribution in [0.5, 0.6) is 5.75 Å². The number of benzene rings is 2. The van der Waals surface area contributed by atoms with Gasteiger partial charge in [0, 0.05) is 50.6 Å². The lowest BCUT2D eigenvalue weighted by Crippen LogP contribution is -2.50. The van der Waals surface area contributed by atoms with Gasteiger partial charge >= 0.3 is 0 Å². The number of fused-ring (bicyclic) bond motifs is 2. The third-order valence-corrected chi connectivity index (χ3v) is 8.06. The van der Waals surface area contributed by atoms with Crippen LogP contribution >= 0.6 is 0 Å². The Bertz CT molecular complexity index is 1170. The van der Waals surface area contributed by atoms with Crippen molar-refractivity contribution in [2.24, 2.45) is 5.92 Å². The van der Waals surface area contributed by atoms with E-state index in [1.165, 1.54) is 23.3 Å². The molecule has 2 aromatic carbocycles. The van der Waals surface area contributed by atoms with Crippen molar-refractivity contribution in [3.8, 4) is 5.75 Å². The highest BCUT2D eigenvalue weighted by Gasteiger charge is 2.44. The van der Waals surface area contributed by atoms with E-state index < -0.39 is 18.0 Å². The Labute approximate surface area is 242 Å². The van der Waals surface area contributed by atoms with Crippen LogP contribution in [0.3, 0.4) is 0 Å². The third-order valence-electron chi connectivity index (χ3n) is 8.06. The molecule has 2 amide bonds. The molecule has 1 saturated carbocycles. The Morgan fingerprint density at radius 2 is 1.98 bits per heavy atom. The molecule has 0 saturated heterocycles. The normalized spacial score (nSPS) is 22.5. The van der Waals surface area contributed by atoms with Crippen molar-refractivity contribution in [1.82, 2.24) is 16.0 Å². The SMILES string of the molecule is CCc1cccc(C2(NC[C@@H](O)[C@@H]3Cc4cc(F)cc(c4)OCC(COC)CCNC(=O)CCCC(=O)N3)CC2)c1. The summed E-state index contributed by atoms with van der Waals surface area (Å²) < 4.78 is 25.9. The van der Waals surface area contributed by atoms with Gasteiger partial charge in [-0.05, 0) is 67.3 Å². The maximum absolute atomic E-state index is 14.6. The van der Waals surface area contributed by atoms with Crippen LogP contribution in [0.1, 0.15) is 62.1 Å². The van der Waals surface area contributed by atoms with Gasteiger partial charge < -0.3 is 30.5 Å². The highest BCUT2D eigenvalue weighted by atomic mass is 19.1. The largest absolute Gasteiger partial charge is 0.493 e. The second-order valence-electron chi connectivity index (χ2n) is 11.4. The standard InChI is InChI=1S/C32H44FN3O5/c1-3-22-6-4-7-25(14-22)32(11-12-32)35-19-29(37)28-17-24-15-26(33)18-27(16-24)41-21-23(20-40-2)10-13-34-30(38)8-5-9-31(39)36-28/h4,6-7,14-16,18,23,28-29,35,37H,3,5,8-13,17,19-21H2,1-2H3,(H,34,38)(H,36,39)/t23?,28-,29+/m0/s1. The van der Waals surface area contributed by atoms with Gasteiger partial charge in [0.05, 0.1) is 25.4 Å². The van der Waals surface area contributed by atoms with E-state index in [1.54, 1.807) is 13.2 Å². The molecule has 4 N–H and O–H groups in total. The summed E-state index contributed by atoms with van der Waals surface area (Å²) >= 11 is 0. The second kappa shape index (κ2) is 14.8. The van der Waals surface area contributed by atoms with Crippen molar-refractivity contribution < 1.29 is 28.6 Å². The summed E-state index contributed by atoms with van der Waals surface area (Å²) in [5, 5.41) is 20.7. The molecule has 41 heavy (non-hydrogen) atoms. The van der Waals surface area contributed by atoms with Crippen LogP contribution in [-0.2, 0) is 32.7 Å². The summed E-state index contributed by atoms with van der Waals surface area (Å²) in [6.07, 6.45) is 3.63. The van der Waals surface area contributed by atoms with Gasteiger partial charge in [-0.3, -0.25) is 9.59 Å². The van der Waals surface area contributed by atoms with E-state index >= 15 is 0 Å². The van der Waals surface area contributed by atoms with Crippen LogP contribution in [0.15, 0.2) is 42.5 Å². The van der Waals surface area contributed by atoms with E-state index in [0.29, 0.717) is 43.9 Å². The van der Waals surface area contributed by atoms with Crippen molar-refractivity contribution >= 4 is 11.8 Å². The van der Waals surface area contributed by atoms with Crippen LogP contribution in [0, 0.1) is 11.7 Å². The number of carbonyl (C=O) groups is 2. The molecule has 1 aliphatic carbocycles. The number of halogens is 1. The molecule has 2 aromatic rings. The third kappa shape index (κ3) is 9.24. The lowest BCUT2D eigenvalue weighted by Gasteiger charge is -2.27. The molecule has 2 bridgehead atoms. The number of methoxy groups -OCH3 is 1. The Kier molecular flexibility index (Phi) is 11.1. The average Bonchev–Trinajstić information content (AvgIpc) is 3.75. The Morgan fingerprint density at radius 1 is 1.17 bits per heavy atom. The van der Waals surface area contributed by atoms with Crippen molar-refractivity contribution in [1.29, 1.82) is 0 Å². The fourth-order valence-electron chi connectivity index (χ4n) is 5.44. The molecular weight excluding hydrogens is 525 g/mol. The zero-order chi connectivity index (χ0) is 29.2. The first-order valence-electron chi connectivity index (χ1n) is 14.8. The average molecular weight is 570 g/mol. The van der Waals surface area contributed by atoms with E-state index in [0.717, 1.165) is 19.3 Å². The number of aliphatic hydroxyl groups excluding tert-OH is 1. The molecule has 1 fully saturated rings. The molecule has 224 valence electrons. The van der Waals surface area contributed by atoms with Gasteiger partial charge in [0.1, 0.15) is 11.6 Å². The molecule has 1 heterocycles. The maximum Gasteiger partial charge on any atom is 0.220 e. The Morgan fingerprint density at radius 3 is 2.73 bits per heavy atom.